The SMILES string of the molecule is CC(=O)SCCC(O)C(O)c1cc(C)ccc1Br. The van der Waals surface area contributed by atoms with E-state index in [9.17, 15) is 15.0 Å². The molecule has 5 heteroatoms. The van der Waals surface area contributed by atoms with Crippen LogP contribution in [0.4, 0.5) is 0 Å². The lowest BCUT2D eigenvalue weighted by Crippen LogP contribution is -2.19. The largest absolute Gasteiger partial charge is 0.390 e. The summed E-state index contributed by atoms with van der Waals surface area (Å²) in [6.07, 6.45) is -1.42. The highest BCUT2D eigenvalue weighted by Gasteiger charge is 2.20. The molecule has 0 radical (unpaired) electrons. The van der Waals surface area contributed by atoms with Gasteiger partial charge in [-0.1, -0.05) is 45.4 Å². The van der Waals surface area contributed by atoms with E-state index in [2.05, 4.69) is 15.9 Å². The Balaban J connectivity index is 2.64. The van der Waals surface area contributed by atoms with Gasteiger partial charge in [0.15, 0.2) is 5.12 Å². The monoisotopic (exact) mass is 332 g/mol. The van der Waals surface area contributed by atoms with Crippen molar-refractivity contribution >= 4 is 32.8 Å². The molecule has 0 heterocycles. The average Bonchev–Trinajstić information content (AvgIpc) is 2.30. The molecule has 2 unspecified atom stereocenters. The summed E-state index contributed by atoms with van der Waals surface area (Å²) in [7, 11) is 0. The summed E-state index contributed by atoms with van der Waals surface area (Å²) in [6.45, 7) is 3.42. The number of aryl methyl sites for hydroxylation is 1. The minimum atomic E-state index is -0.938. The summed E-state index contributed by atoms with van der Waals surface area (Å²) in [6, 6.07) is 5.62. The molecule has 0 amide bonds. The Morgan fingerprint density at radius 1 is 1.44 bits per heavy atom. The van der Waals surface area contributed by atoms with Gasteiger partial charge in [-0.2, -0.15) is 0 Å². The molecule has 0 saturated carbocycles. The Morgan fingerprint density at radius 3 is 2.72 bits per heavy atom. The first-order valence-electron chi connectivity index (χ1n) is 5.67. The van der Waals surface area contributed by atoms with Gasteiger partial charge in [0.2, 0.25) is 0 Å². The number of carbonyl (C=O) groups is 1. The minimum absolute atomic E-state index is 0.0217. The van der Waals surface area contributed by atoms with E-state index in [0.717, 1.165) is 21.8 Å². The Labute approximate surface area is 120 Å². The molecule has 3 nitrogen and oxygen atoms in total. The van der Waals surface area contributed by atoms with Crippen molar-refractivity contribution in [3.8, 4) is 0 Å². The van der Waals surface area contributed by atoms with Gasteiger partial charge in [-0.15, -0.1) is 0 Å². The Hall–Kier alpha value is -0.360. The van der Waals surface area contributed by atoms with Crippen molar-refractivity contribution in [1.82, 2.24) is 0 Å². The van der Waals surface area contributed by atoms with Crippen molar-refractivity contribution in [2.75, 3.05) is 5.75 Å². The highest BCUT2D eigenvalue weighted by Crippen LogP contribution is 2.28. The number of aliphatic hydroxyl groups excluding tert-OH is 2. The zero-order valence-electron chi connectivity index (χ0n) is 10.4. The maximum atomic E-state index is 10.8. The molecule has 1 aromatic rings. The molecule has 1 rings (SSSR count). The van der Waals surface area contributed by atoms with Crippen LogP contribution in [0, 0.1) is 6.92 Å². The molecule has 0 fully saturated rings. The zero-order chi connectivity index (χ0) is 13.7. The first-order chi connectivity index (χ1) is 8.41. The lowest BCUT2D eigenvalue weighted by atomic mass is 10.0. The normalized spacial score (nSPS) is 14.3. The first kappa shape index (κ1) is 15.7. The third kappa shape index (κ3) is 4.72. The molecule has 0 aliphatic rings. The maximum absolute atomic E-state index is 10.8. The Morgan fingerprint density at radius 2 is 2.11 bits per heavy atom. The smallest absolute Gasteiger partial charge is 0.185 e. The van der Waals surface area contributed by atoms with Crippen LogP contribution < -0.4 is 0 Å². The van der Waals surface area contributed by atoms with Crippen LogP contribution >= 0.6 is 27.7 Å². The van der Waals surface area contributed by atoms with Crippen LogP contribution in [-0.2, 0) is 4.79 Å². The fourth-order valence-corrected chi connectivity index (χ4v) is 2.71. The third-order valence-corrected chi connectivity index (χ3v) is 4.12. The zero-order valence-corrected chi connectivity index (χ0v) is 12.8. The van der Waals surface area contributed by atoms with Gasteiger partial charge in [0, 0.05) is 17.1 Å². The quantitative estimate of drug-likeness (QED) is 0.870. The summed E-state index contributed by atoms with van der Waals surface area (Å²) < 4.78 is 0.777. The van der Waals surface area contributed by atoms with Gasteiger partial charge in [0.05, 0.1) is 6.10 Å². The van der Waals surface area contributed by atoms with E-state index in [4.69, 9.17) is 0 Å². The summed E-state index contributed by atoms with van der Waals surface area (Å²) >= 11 is 4.52. The lowest BCUT2D eigenvalue weighted by molar-refractivity contribution is -0.109. The molecule has 0 spiro atoms. The lowest BCUT2D eigenvalue weighted by Gasteiger charge is -2.19. The molecule has 0 bridgehead atoms. The summed E-state index contributed by atoms with van der Waals surface area (Å²) in [5, 5.41) is 20.0. The van der Waals surface area contributed by atoms with E-state index in [1.54, 1.807) is 0 Å². The second-order valence-electron chi connectivity index (χ2n) is 4.17. The van der Waals surface area contributed by atoms with Gasteiger partial charge in [0.1, 0.15) is 6.10 Å². The second-order valence-corrected chi connectivity index (χ2v) is 6.29. The molecule has 2 atom stereocenters. The molecule has 0 saturated heterocycles. The van der Waals surface area contributed by atoms with Crippen LogP contribution in [0.1, 0.15) is 30.6 Å². The van der Waals surface area contributed by atoms with Crippen molar-refractivity contribution in [3.05, 3.63) is 33.8 Å². The standard InChI is InChI=1S/C13H17BrO3S/c1-8-3-4-11(14)10(7-8)13(17)12(16)5-6-18-9(2)15/h3-4,7,12-13,16-17H,5-6H2,1-2H3. The summed E-state index contributed by atoms with van der Waals surface area (Å²) in [4.78, 5) is 10.8. The number of halogens is 1. The molecule has 100 valence electrons. The van der Waals surface area contributed by atoms with E-state index in [-0.39, 0.29) is 5.12 Å². The average molecular weight is 333 g/mol. The van der Waals surface area contributed by atoms with E-state index in [0.29, 0.717) is 17.7 Å². The van der Waals surface area contributed by atoms with Crippen molar-refractivity contribution in [2.24, 2.45) is 0 Å². The van der Waals surface area contributed by atoms with Crippen LogP contribution in [0.15, 0.2) is 22.7 Å². The first-order valence-corrected chi connectivity index (χ1v) is 7.45. The summed E-state index contributed by atoms with van der Waals surface area (Å²) in [5.74, 6) is 0.511. The number of thioether (sulfide) groups is 1. The van der Waals surface area contributed by atoms with Crippen LogP contribution in [0.3, 0.4) is 0 Å². The molecule has 18 heavy (non-hydrogen) atoms. The van der Waals surface area contributed by atoms with Gasteiger partial charge in [0.25, 0.3) is 0 Å². The number of benzene rings is 1. The van der Waals surface area contributed by atoms with Gasteiger partial charge in [-0.25, -0.2) is 0 Å². The molecule has 1 aromatic carbocycles. The van der Waals surface area contributed by atoms with E-state index < -0.39 is 12.2 Å². The second kappa shape index (κ2) is 7.28. The van der Waals surface area contributed by atoms with Gasteiger partial charge >= 0.3 is 0 Å². The molecule has 2 N–H and O–H groups in total. The van der Waals surface area contributed by atoms with Crippen molar-refractivity contribution < 1.29 is 15.0 Å². The molecular formula is C13H17BrO3S. The Kier molecular flexibility index (Phi) is 6.35. The van der Waals surface area contributed by atoms with Gasteiger partial charge in [-0.3, -0.25) is 4.79 Å². The Bertz CT molecular complexity index is 423. The van der Waals surface area contributed by atoms with Crippen LogP contribution in [-0.4, -0.2) is 27.2 Å². The van der Waals surface area contributed by atoms with Crippen LogP contribution in [0.2, 0.25) is 0 Å². The summed E-state index contributed by atoms with van der Waals surface area (Å²) in [5.41, 5.74) is 1.70. The van der Waals surface area contributed by atoms with Crippen LogP contribution in [0.5, 0.6) is 0 Å². The van der Waals surface area contributed by atoms with Gasteiger partial charge in [-0.05, 0) is 25.0 Å². The minimum Gasteiger partial charge on any atom is -0.390 e. The van der Waals surface area contributed by atoms with Crippen molar-refractivity contribution in [2.45, 2.75) is 32.5 Å². The highest BCUT2D eigenvalue weighted by molar-refractivity contribution is 9.10. The number of hydrogen-bond acceptors (Lipinski definition) is 4. The molecule has 0 aliphatic carbocycles. The predicted molar refractivity (Wildman–Crippen MR) is 77.6 cm³/mol. The topological polar surface area (TPSA) is 57.5 Å². The van der Waals surface area contributed by atoms with Gasteiger partial charge < -0.3 is 10.2 Å². The molecular weight excluding hydrogens is 316 g/mol. The third-order valence-electron chi connectivity index (χ3n) is 2.55. The fourth-order valence-electron chi connectivity index (χ4n) is 1.58. The number of aliphatic hydroxyl groups is 2. The van der Waals surface area contributed by atoms with Crippen molar-refractivity contribution in [1.29, 1.82) is 0 Å². The maximum Gasteiger partial charge on any atom is 0.185 e. The number of carbonyl (C=O) groups excluding carboxylic acids is 1. The van der Waals surface area contributed by atoms with E-state index >= 15 is 0 Å². The molecule has 0 aromatic heterocycles. The van der Waals surface area contributed by atoms with E-state index in [1.165, 1.54) is 6.92 Å². The van der Waals surface area contributed by atoms with Crippen LogP contribution in [0.25, 0.3) is 0 Å². The predicted octanol–water partition coefficient (Wildman–Crippen LogP) is 2.82. The highest BCUT2D eigenvalue weighted by atomic mass is 79.9. The fraction of sp³-hybridized carbons (Fsp3) is 0.462. The molecule has 0 aliphatic heterocycles. The number of rotatable bonds is 5. The van der Waals surface area contributed by atoms with Crippen molar-refractivity contribution in [3.63, 3.8) is 0 Å². The number of hydrogen-bond donors (Lipinski definition) is 2. The van der Waals surface area contributed by atoms with E-state index in [1.807, 2.05) is 25.1 Å².